The molecule has 5 unspecified atom stereocenters. The number of hydrogen-bond acceptors (Lipinski definition) is 5. The third-order valence-electron chi connectivity index (χ3n) is 6.62. The quantitative estimate of drug-likeness (QED) is 0.351. The first-order chi connectivity index (χ1) is 17.4. The molecule has 1 aromatic carbocycles. The summed E-state index contributed by atoms with van der Waals surface area (Å²) in [6.45, 7) is 13.6. The maximum atomic E-state index is 14.2. The van der Waals surface area contributed by atoms with E-state index in [0.717, 1.165) is 31.2 Å². The van der Waals surface area contributed by atoms with Gasteiger partial charge in [0.1, 0.15) is 17.7 Å². The van der Waals surface area contributed by atoms with E-state index in [4.69, 9.17) is 4.74 Å². The fraction of sp³-hybridized carbons (Fsp3) is 0.690. The number of benzene rings is 1. The van der Waals surface area contributed by atoms with Crippen LogP contribution in [0, 0.1) is 5.92 Å². The van der Waals surface area contributed by atoms with Crippen molar-refractivity contribution in [3.63, 3.8) is 0 Å². The van der Waals surface area contributed by atoms with Crippen molar-refractivity contribution in [3.8, 4) is 0 Å². The van der Waals surface area contributed by atoms with Gasteiger partial charge in [0.2, 0.25) is 11.8 Å². The Morgan fingerprint density at radius 1 is 1.11 bits per heavy atom. The van der Waals surface area contributed by atoms with E-state index in [1.807, 2.05) is 37.4 Å². The minimum Gasteiger partial charge on any atom is -0.444 e. The lowest BCUT2D eigenvalue weighted by Crippen LogP contribution is -2.54. The Labute approximate surface area is 227 Å². The third-order valence-corrected chi connectivity index (χ3v) is 7.26. The molecule has 1 saturated carbocycles. The van der Waals surface area contributed by atoms with Crippen LogP contribution in [-0.4, -0.2) is 58.5 Å². The molecule has 1 aliphatic rings. The van der Waals surface area contributed by atoms with Crippen molar-refractivity contribution in [3.05, 3.63) is 35.4 Å². The first-order valence-corrected chi connectivity index (χ1v) is 15.0. The summed E-state index contributed by atoms with van der Waals surface area (Å²) in [7, 11) is 0. The molecule has 0 aliphatic heterocycles. The highest BCUT2D eigenvalue weighted by molar-refractivity contribution is 7.98. The van der Waals surface area contributed by atoms with Crippen molar-refractivity contribution >= 4 is 29.7 Å². The van der Waals surface area contributed by atoms with Crippen molar-refractivity contribution in [2.24, 2.45) is 5.92 Å². The smallest absolute Gasteiger partial charge is 0.408 e. The third kappa shape index (κ3) is 9.55. The number of nitrogens with one attached hydrogen (secondary N) is 2. The van der Waals surface area contributed by atoms with Crippen LogP contribution in [0.4, 0.5) is 4.79 Å². The molecule has 0 radical (unpaired) electrons. The van der Waals surface area contributed by atoms with Gasteiger partial charge in [-0.05, 0) is 82.4 Å². The molecule has 0 saturated heterocycles. The van der Waals surface area contributed by atoms with E-state index in [9.17, 15) is 14.4 Å². The number of alkyl carbamates (subject to hydrolysis) is 1. The molecule has 1 fully saturated rings. The van der Waals surface area contributed by atoms with Crippen LogP contribution in [0.25, 0.3) is 0 Å². The lowest BCUT2D eigenvalue weighted by atomic mass is 9.99. The van der Waals surface area contributed by atoms with E-state index in [1.54, 1.807) is 37.4 Å². The topological polar surface area (TPSA) is 87.7 Å². The van der Waals surface area contributed by atoms with Gasteiger partial charge < -0.3 is 20.3 Å². The van der Waals surface area contributed by atoms with Crippen LogP contribution in [0.1, 0.15) is 91.3 Å². The Balaban J connectivity index is 2.47. The van der Waals surface area contributed by atoms with Crippen LogP contribution in [0.15, 0.2) is 24.3 Å². The molecule has 3 amide bonds. The van der Waals surface area contributed by atoms with E-state index in [2.05, 4.69) is 31.4 Å². The summed E-state index contributed by atoms with van der Waals surface area (Å²) < 4.78 is 5.47. The summed E-state index contributed by atoms with van der Waals surface area (Å²) in [5, 5.41) is 5.96. The van der Waals surface area contributed by atoms with E-state index < -0.39 is 23.8 Å². The summed E-state index contributed by atoms with van der Waals surface area (Å²) in [6, 6.07) is 6.34. The molecule has 37 heavy (non-hydrogen) atoms. The van der Waals surface area contributed by atoms with Crippen molar-refractivity contribution in [1.82, 2.24) is 15.5 Å². The van der Waals surface area contributed by atoms with Crippen LogP contribution in [0.3, 0.4) is 0 Å². The SMILES string of the molecule is CCCC(C)NC(=O)C(c1ccc(CC)cc1)N(C(=O)C(CCSC)NC(=O)OC(C)(C)C)C1CC1C. The molecular formula is C29H47N3O4S. The van der Waals surface area contributed by atoms with E-state index in [1.165, 1.54) is 5.56 Å². The maximum absolute atomic E-state index is 14.2. The van der Waals surface area contributed by atoms with Crippen LogP contribution in [0.2, 0.25) is 0 Å². The largest absolute Gasteiger partial charge is 0.444 e. The number of hydrogen-bond donors (Lipinski definition) is 2. The molecule has 0 heterocycles. The predicted molar refractivity (Wildman–Crippen MR) is 152 cm³/mol. The lowest BCUT2D eigenvalue weighted by Gasteiger charge is -2.35. The fourth-order valence-corrected chi connectivity index (χ4v) is 4.97. The van der Waals surface area contributed by atoms with Crippen molar-refractivity contribution in [2.45, 2.75) is 110 Å². The first-order valence-electron chi connectivity index (χ1n) is 13.6. The molecule has 2 N–H and O–H groups in total. The average Bonchev–Trinajstić information content (AvgIpc) is 3.54. The number of ether oxygens (including phenoxy) is 1. The molecule has 8 heteroatoms. The van der Waals surface area contributed by atoms with E-state index >= 15 is 0 Å². The van der Waals surface area contributed by atoms with Gasteiger partial charge in [0.15, 0.2) is 0 Å². The molecule has 0 bridgehead atoms. The van der Waals surface area contributed by atoms with Gasteiger partial charge in [0.05, 0.1) is 0 Å². The molecule has 1 aromatic rings. The maximum Gasteiger partial charge on any atom is 0.408 e. The van der Waals surface area contributed by atoms with Gasteiger partial charge in [-0.1, -0.05) is 51.5 Å². The Kier molecular flexibility index (Phi) is 11.8. The number of thioether (sulfide) groups is 1. The van der Waals surface area contributed by atoms with Gasteiger partial charge >= 0.3 is 6.09 Å². The highest BCUT2D eigenvalue weighted by atomic mass is 32.2. The second-order valence-corrected chi connectivity index (χ2v) is 12.2. The summed E-state index contributed by atoms with van der Waals surface area (Å²) >= 11 is 1.61. The minimum atomic E-state index is -0.784. The standard InChI is InChI=1S/C29H47N3O4S/c1-9-11-20(4)30-26(33)25(22-14-12-21(10-2)13-15-22)32(24-18-19(24)3)27(34)23(16-17-37-8)31-28(35)36-29(5,6)7/h12-15,19-20,23-25H,9-11,16-18H2,1-8H3,(H,30,33)(H,31,35). The van der Waals surface area contributed by atoms with Gasteiger partial charge in [-0.15, -0.1) is 0 Å². The van der Waals surface area contributed by atoms with E-state index in [0.29, 0.717) is 12.2 Å². The number of aryl methyl sites for hydroxylation is 1. The zero-order chi connectivity index (χ0) is 27.8. The van der Waals surface area contributed by atoms with Gasteiger partial charge in [0.25, 0.3) is 0 Å². The van der Waals surface area contributed by atoms with Crippen molar-refractivity contribution in [1.29, 1.82) is 0 Å². The summed E-state index contributed by atoms with van der Waals surface area (Å²) in [6.07, 6.45) is 5.33. The van der Waals surface area contributed by atoms with Crippen LogP contribution >= 0.6 is 11.8 Å². The summed E-state index contributed by atoms with van der Waals surface area (Å²) in [5.74, 6) is 0.552. The molecule has 2 rings (SSSR count). The van der Waals surface area contributed by atoms with Crippen molar-refractivity contribution in [2.75, 3.05) is 12.0 Å². The van der Waals surface area contributed by atoms with Crippen LogP contribution < -0.4 is 10.6 Å². The molecule has 0 aromatic heterocycles. The molecule has 7 nitrogen and oxygen atoms in total. The summed E-state index contributed by atoms with van der Waals surface area (Å²) in [4.78, 5) is 42.4. The highest BCUT2D eigenvalue weighted by Gasteiger charge is 2.48. The second-order valence-electron chi connectivity index (χ2n) is 11.2. The van der Waals surface area contributed by atoms with E-state index in [-0.39, 0.29) is 29.8 Å². The van der Waals surface area contributed by atoms with Gasteiger partial charge in [0, 0.05) is 12.1 Å². The zero-order valence-corrected chi connectivity index (χ0v) is 24.7. The molecule has 1 aliphatic carbocycles. The number of carbonyl (C=O) groups is 3. The number of amides is 3. The lowest BCUT2D eigenvalue weighted by molar-refractivity contribution is -0.143. The van der Waals surface area contributed by atoms with Gasteiger partial charge in [-0.25, -0.2) is 4.79 Å². The first kappa shape index (κ1) is 31.0. The van der Waals surface area contributed by atoms with Crippen LogP contribution in [0.5, 0.6) is 0 Å². The Hall–Kier alpha value is -2.22. The number of rotatable bonds is 13. The fourth-order valence-electron chi connectivity index (χ4n) is 4.50. The molecule has 208 valence electrons. The average molecular weight is 534 g/mol. The number of nitrogens with zero attached hydrogens (tertiary/aromatic N) is 1. The van der Waals surface area contributed by atoms with Crippen molar-refractivity contribution < 1.29 is 19.1 Å². The van der Waals surface area contributed by atoms with Crippen LogP contribution in [-0.2, 0) is 20.7 Å². The molecule has 0 spiro atoms. The Morgan fingerprint density at radius 2 is 1.73 bits per heavy atom. The number of carbonyl (C=O) groups excluding carboxylic acids is 3. The minimum absolute atomic E-state index is 0.00401. The normalized spacial score (nSPS) is 19.4. The van der Waals surface area contributed by atoms with Gasteiger partial charge in [-0.2, -0.15) is 11.8 Å². The molecular weight excluding hydrogens is 486 g/mol. The highest BCUT2D eigenvalue weighted by Crippen LogP contribution is 2.41. The predicted octanol–water partition coefficient (Wildman–Crippen LogP) is 5.48. The Morgan fingerprint density at radius 3 is 2.22 bits per heavy atom. The van der Waals surface area contributed by atoms with Gasteiger partial charge in [-0.3, -0.25) is 9.59 Å². The monoisotopic (exact) mass is 533 g/mol. The molecule has 5 atom stereocenters. The Bertz CT molecular complexity index is 899. The zero-order valence-electron chi connectivity index (χ0n) is 23.9. The summed E-state index contributed by atoms with van der Waals surface area (Å²) in [5.41, 5.74) is 1.27. The second kappa shape index (κ2) is 14.1.